The fraction of sp³-hybridized carbons (Fsp3) is 0.250. The predicted molar refractivity (Wildman–Crippen MR) is 59.3 cm³/mol. The van der Waals surface area contributed by atoms with Crippen LogP contribution in [0.25, 0.3) is 0 Å². The molecule has 3 rings (SSSR count). The summed E-state index contributed by atoms with van der Waals surface area (Å²) in [5, 5.41) is 12.6. The monoisotopic (exact) mass is 244 g/mol. The van der Waals surface area contributed by atoms with Gasteiger partial charge in [0, 0.05) is 12.0 Å². The van der Waals surface area contributed by atoms with Crippen LogP contribution >= 0.6 is 0 Å². The van der Waals surface area contributed by atoms with E-state index in [2.05, 4.69) is 10.1 Å². The number of nitriles is 1. The number of ether oxygens (including phenoxy) is 1. The highest BCUT2D eigenvalue weighted by molar-refractivity contribution is 5.37. The lowest BCUT2D eigenvalue weighted by atomic mass is 10.1. The van der Waals surface area contributed by atoms with Crippen LogP contribution in [0, 0.1) is 17.1 Å². The summed E-state index contributed by atoms with van der Waals surface area (Å²) in [6.45, 7) is 0.491. The number of halogens is 1. The molecule has 1 aromatic heterocycles. The van der Waals surface area contributed by atoms with E-state index in [-0.39, 0.29) is 17.7 Å². The van der Waals surface area contributed by atoms with E-state index in [4.69, 9.17) is 10.00 Å². The smallest absolute Gasteiger partial charge is 0.252 e. The third kappa shape index (κ3) is 1.91. The third-order valence-electron chi connectivity index (χ3n) is 2.79. The molecule has 90 valence electrons. The Morgan fingerprint density at radius 1 is 1.56 bits per heavy atom. The topological polar surface area (TPSA) is 63.7 Å². The molecule has 1 aromatic carbocycles. The normalized spacial score (nSPS) is 17.0. The van der Waals surface area contributed by atoms with Crippen molar-refractivity contribution in [2.45, 2.75) is 19.1 Å². The molecule has 5 nitrogen and oxygen atoms in total. The molecule has 0 aliphatic carbocycles. The Hall–Kier alpha value is -2.42. The van der Waals surface area contributed by atoms with Gasteiger partial charge < -0.3 is 4.74 Å². The fourth-order valence-corrected chi connectivity index (χ4v) is 2.03. The van der Waals surface area contributed by atoms with E-state index in [0.717, 1.165) is 5.56 Å². The van der Waals surface area contributed by atoms with Gasteiger partial charge in [-0.2, -0.15) is 5.26 Å². The van der Waals surface area contributed by atoms with Crippen molar-refractivity contribution in [2.75, 3.05) is 0 Å². The Bertz CT molecular complexity index is 631. The molecule has 0 spiro atoms. The Morgan fingerprint density at radius 3 is 3.22 bits per heavy atom. The van der Waals surface area contributed by atoms with Crippen molar-refractivity contribution in [2.24, 2.45) is 0 Å². The minimum absolute atomic E-state index is 0.102. The third-order valence-corrected chi connectivity index (χ3v) is 2.79. The summed E-state index contributed by atoms with van der Waals surface area (Å²) < 4.78 is 20.3. The first-order valence-electron chi connectivity index (χ1n) is 5.49. The second-order valence-corrected chi connectivity index (χ2v) is 4.10. The standard InChI is InChI=1S/C12H9FN4O/c13-9-1-2-11-8(3-9)4-10(18-11)6-17-7-15-12(5-14)16-17/h1-3,7,10H,4,6H2. The van der Waals surface area contributed by atoms with Crippen molar-refractivity contribution in [1.82, 2.24) is 14.8 Å². The minimum atomic E-state index is -0.259. The number of fused-ring (bicyclic) bond motifs is 1. The van der Waals surface area contributed by atoms with Gasteiger partial charge in [-0.05, 0) is 18.2 Å². The van der Waals surface area contributed by atoms with Gasteiger partial charge in [-0.1, -0.05) is 0 Å². The quantitative estimate of drug-likeness (QED) is 0.798. The van der Waals surface area contributed by atoms with Crippen LogP contribution in [0.2, 0.25) is 0 Å². The molecule has 0 fully saturated rings. The second kappa shape index (κ2) is 4.11. The number of benzene rings is 1. The summed E-state index contributed by atoms with van der Waals surface area (Å²) in [6, 6.07) is 6.36. The summed E-state index contributed by atoms with van der Waals surface area (Å²) in [5.74, 6) is 0.587. The van der Waals surface area contributed by atoms with E-state index < -0.39 is 0 Å². The summed E-state index contributed by atoms with van der Waals surface area (Å²) in [7, 11) is 0. The van der Waals surface area contributed by atoms with Crippen LogP contribution in [0.1, 0.15) is 11.4 Å². The molecule has 0 saturated carbocycles. The fourth-order valence-electron chi connectivity index (χ4n) is 2.03. The summed E-state index contributed by atoms with van der Waals surface area (Å²) in [5.41, 5.74) is 0.862. The highest BCUT2D eigenvalue weighted by atomic mass is 19.1. The molecule has 0 radical (unpaired) electrons. The molecule has 1 unspecified atom stereocenters. The average Bonchev–Trinajstić information content (AvgIpc) is 2.95. The molecule has 0 amide bonds. The summed E-state index contributed by atoms with van der Waals surface area (Å²) >= 11 is 0. The van der Waals surface area contributed by atoms with Gasteiger partial charge in [0.25, 0.3) is 5.82 Å². The summed E-state index contributed by atoms with van der Waals surface area (Å²) in [4.78, 5) is 3.82. The van der Waals surface area contributed by atoms with E-state index in [1.54, 1.807) is 10.7 Å². The number of aromatic nitrogens is 3. The van der Waals surface area contributed by atoms with Crippen LogP contribution in [0.3, 0.4) is 0 Å². The number of nitrogens with zero attached hydrogens (tertiary/aromatic N) is 4. The van der Waals surface area contributed by atoms with Crippen LogP contribution in [0.15, 0.2) is 24.5 Å². The van der Waals surface area contributed by atoms with Crippen LogP contribution in [-0.2, 0) is 13.0 Å². The molecule has 18 heavy (non-hydrogen) atoms. The van der Waals surface area contributed by atoms with Gasteiger partial charge in [0.1, 0.15) is 30.1 Å². The Morgan fingerprint density at radius 2 is 2.44 bits per heavy atom. The van der Waals surface area contributed by atoms with E-state index in [9.17, 15) is 4.39 Å². The number of hydrogen-bond acceptors (Lipinski definition) is 4. The SMILES string of the molecule is N#Cc1ncn(CC2Cc3cc(F)ccc3O2)n1. The van der Waals surface area contributed by atoms with E-state index in [0.29, 0.717) is 18.7 Å². The number of hydrogen-bond donors (Lipinski definition) is 0. The molecule has 0 saturated heterocycles. The maximum atomic E-state index is 13.0. The van der Waals surface area contributed by atoms with Gasteiger partial charge in [0.15, 0.2) is 0 Å². The van der Waals surface area contributed by atoms with Gasteiger partial charge in [0.2, 0.25) is 0 Å². The molecule has 6 heteroatoms. The van der Waals surface area contributed by atoms with Crippen LogP contribution in [-0.4, -0.2) is 20.9 Å². The van der Waals surface area contributed by atoms with Crippen LogP contribution in [0.4, 0.5) is 4.39 Å². The van der Waals surface area contributed by atoms with E-state index in [1.165, 1.54) is 18.5 Å². The zero-order chi connectivity index (χ0) is 12.5. The van der Waals surface area contributed by atoms with Crippen LogP contribution < -0.4 is 4.74 Å². The van der Waals surface area contributed by atoms with Crippen molar-refractivity contribution in [3.05, 3.63) is 41.7 Å². The first-order chi connectivity index (χ1) is 8.74. The molecule has 2 aromatic rings. The van der Waals surface area contributed by atoms with Gasteiger partial charge in [0.05, 0.1) is 6.54 Å². The van der Waals surface area contributed by atoms with Crippen molar-refractivity contribution >= 4 is 0 Å². The number of rotatable bonds is 2. The highest BCUT2D eigenvalue weighted by Gasteiger charge is 2.24. The largest absolute Gasteiger partial charge is 0.488 e. The Labute approximate surface area is 102 Å². The molecular weight excluding hydrogens is 235 g/mol. The maximum absolute atomic E-state index is 13.0. The minimum Gasteiger partial charge on any atom is -0.488 e. The predicted octanol–water partition coefficient (Wildman–Crippen LogP) is 1.29. The van der Waals surface area contributed by atoms with Gasteiger partial charge in [-0.25, -0.2) is 14.1 Å². The van der Waals surface area contributed by atoms with Crippen molar-refractivity contribution in [3.8, 4) is 11.8 Å². The molecule has 1 aliphatic heterocycles. The first-order valence-corrected chi connectivity index (χ1v) is 5.49. The molecule has 2 heterocycles. The summed E-state index contributed by atoms with van der Waals surface area (Å²) in [6.07, 6.45) is 2.02. The van der Waals surface area contributed by atoms with Crippen molar-refractivity contribution in [3.63, 3.8) is 0 Å². The lowest BCUT2D eigenvalue weighted by molar-refractivity contribution is 0.203. The molecule has 0 bridgehead atoms. The lowest BCUT2D eigenvalue weighted by Gasteiger charge is -2.09. The molecule has 1 atom stereocenters. The average molecular weight is 244 g/mol. The van der Waals surface area contributed by atoms with Crippen LogP contribution in [0.5, 0.6) is 5.75 Å². The maximum Gasteiger partial charge on any atom is 0.252 e. The van der Waals surface area contributed by atoms with Gasteiger partial charge in [-0.15, -0.1) is 5.10 Å². The Kier molecular flexibility index (Phi) is 2.45. The lowest BCUT2D eigenvalue weighted by Crippen LogP contribution is -2.21. The molecule has 0 N–H and O–H groups in total. The zero-order valence-electron chi connectivity index (χ0n) is 9.38. The molecule has 1 aliphatic rings. The van der Waals surface area contributed by atoms with Gasteiger partial charge >= 0.3 is 0 Å². The Balaban J connectivity index is 1.73. The van der Waals surface area contributed by atoms with E-state index in [1.807, 2.05) is 6.07 Å². The molecular formula is C12H9FN4O. The first kappa shape index (κ1) is 10.7. The van der Waals surface area contributed by atoms with Crippen molar-refractivity contribution < 1.29 is 9.13 Å². The van der Waals surface area contributed by atoms with E-state index >= 15 is 0 Å². The van der Waals surface area contributed by atoms with Crippen molar-refractivity contribution in [1.29, 1.82) is 5.26 Å². The highest BCUT2D eigenvalue weighted by Crippen LogP contribution is 2.29. The second-order valence-electron chi connectivity index (χ2n) is 4.10. The zero-order valence-corrected chi connectivity index (χ0v) is 9.38. The van der Waals surface area contributed by atoms with Gasteiger partial charge in [-0.3, -0.25) is 0 Å².